The molecule has 1 N–H and O–H groups in total. The number of nitrogens with one attached hydrogen (secondary N) is 1. The second kappa shape index (κ2) is 8.32. The van der Waals surface area contributed by atoms with Crippen LogP contribution in [0.5, 0.6) is 0 Å². The Morgan fingerprint density at radius 2 is 1.90 bits per heavy atom. The molecule has 2 aromatic rings. The molecule has 106 valence electrons. The van der Waals surface area contributed by atoms with Gasteiger partial charge in [-0.1, -0.05) is 53.7 Å². The van der Waals surface area contributed by atoms with Gasteiger partial charge in [0.15, 0.2) is 0 Å². The van der Waals surface area contributed by atoms with Crippen LogP contribution in [0.4, 0.5) is 0 Å². The van der Waals surface area contributed by atoms with E-state index in [0.29, 0.717) is 6.61 Å². The van der Waals surface area contributed by atoms with Gasteiger partial charge in [-0.05, 0) is 23.8 Å². The Bertz CT molecular complexity index is 533. The fourth-order valence-corrected chi connectivity index (χ4v) is 3.09. The number of hydrogen-bond acceptors (Lipinski definition) is 3. The van der Waals surface area contributed by atoms with Crippen molar-refractivity contribution in [3.8, 4) is 0 Å². The van der Waals surface area contributed by atoms with Crippen LogP contribution >= 0.6 is 23.4 Å². The lowest BCUT2D eigenvalue weighted by molar-refractivity contribution is 0.199. The highest BCUT2D eigenvalue weighted by atomic mass is 35.5. The molecular weight excluding hydrogens is 290 g/mol. The Morgan fingerprint density at radius 1 is 1.10 bits per heavy atom. The molecule has 2 rings (SSSR count). The first kappa shape index (κ1) is 15.4. The molecule has 0 aliphatic rings. The van der Waals surface area contributed by atoms with Gasteiger partial charge >= 0.3 is 0 Å². The van der Waals surface area contributed by atoms with Gasteiger partial charge < -0.3 is 10.1 Å². The van der Waals surface area contributed by atoms with E-state index in [4.69, 9.17) is 16.3 Å². The van der Waals surface area contributed by atoms with E-state index in [1.165, 1.54) is 10.5 Å². The Kier molecular flexibility index (Phi) is 6.40. The Labute approximate surface area is 129 Å². The van der Waals surface area contributed by atoms with Crippen molar-refractivity contribution >= 4 is 23.4 Å². The summed E-state index contributed by atoms with van der Waals surface area (Å²) in [5, 5.41) is 4.16. The van der Waals surface area contributed by atoms with Crippen LogP contribution in [0.2, 0.25) is 5.02 Å². The number of ether oxygens (including phenoxy) is 1. The van der Waals surface area contributed by atoms with Gasteiger partial charge in [0.05, 0.1) is 11.6 Å². The predicted octanol–water partition coefficient (Wildman–Crippen LogP) is 4.23. The maximum atomic E-state index is 6.35. The third-order valence-electron chi connectivity index (χ3n) is 2.81. The molecule has 0 aliphatic carbocycles. The summed E-state index contributed by atoms with van der Waals surface area (Å²) < 4.78 is 5.04. The summed E-state index contributed by atoms with van der Waals surface area (Å²) in [6.45, 7) is 2.33. The minimum atomic E-state index is 0.710. The van der Waals surface area contributed by atoms with Crippen LogP contribution in [0.25, 0.3) is 0 Å². The summed E-state index contributed by atoms with van der Waals surface area (Å²) in [7, 11) is 1.71. The molecule has 0 bridgehead atoms. The molecule has 0 saturated carbocycles. The average Bonchev–Trinajstić information content (AvgIpc) is 2.48. The van der Waals surface area contributed by atoms with Crippen molar-refractivity contribution in [3.05, 3.63) is 59.1 Å². The highest BCUT2D eigenvalue weighted by Crippen LogP contribution is 2.35. The quantitative estimate of drug-likeness (QED) is 0.774. The topological polar surface area (TPSA) is 21.3 Å². The third kappa shape index (κ3) is 4.53. The molecule has 0 saturated heterocycles. The summed E-state index contributed by atoms with van der Waals surface area (Å²) in [5.41, 5.74) is 1.21. The van der Waals surface area contributed by atoms with Crippen LogP contribution in [-0.4, -0.2) is 20.3 Å². The number of benzene rings is 2. The van der Waals surface area contributed by atoms with E-state index in [9.17, 15) is 0 Å². The first-order chi connectivity index (χ1) is 9.81. The summed E-state index contributed by atoms with van der Waals surface area (Å²) in [6.07, 6.45) is 0. The van der Waals surface area contributed by atoms with Crippen LogP contribution in [0, 0.1) is 0 Å². The van der Waals surface area contributed by atoms with Crippen LogP contribution in [0.15, 0.2) is 58.3 Å². The van der Waals surface area contributed by atoms with Gasteiger partial charge in [-0.15, -0.1) is 0 Å². The number of hydrogen-bond donors (Lipinski definition) is 1. The molecule has 0 amide bonds. The minimum absolute atomic E-state index is 0.710. The SMILES string of the molecule is COCCNCc1cccc(Cl)c1Sc1ccccc1. The fraction of sp³-hybridized carbons (Fsp3) is 0.250. The normalized spacial score (nSPS) is 10.7. The second-order valence-electron chi connectivity index (χ2n) is 4.31. The van der Waals surface area contributed by atoms with Gasteiger partial charge in [0.25, 0.3) is 0 Å². The first-order valence-electron chi connectivity index (χ1n) is 6.51. The Morgan fingerprint density at radius 3 is 2.65 bits per heavy atom. The van der Waals surface area contributed by atoms with Crippen molar-refractivity contribution in [1.29, 1.82) is 0 Å². The van der Waals surface area contributed by atoms with Crippen molar-refractivity contribution in [3.63, 3.8) is 0 Å². The average molecular weight is 308 g/mol. The van der Waals surface area contributed by atoms with Gasteiger partial charge in [-0.2, -0.15) is 0 Å². The van der Waals surface area contributed by atoms with Crippen molar-refractivity contribution in [2.45, 2.75) is 16.3 Å². The first-order valence-corrected chi connectivity index (χ1v) is 7.70. The second-order valence-corrected chi connectivity index (χ2v) is 5.80. The predicted molar refractivity (Wildman–Crippen MR) is 85.6 cm³/mol. The molecule has 0 aliphatic heterocycles. The molecule has 0 aromatic heterocycles. The summed E-state index contributed by atoms with van der Waals surface area (Å²) in [6, 6.07) is 16.3. The zero-order valence-electron chi connectivity index (χ0n) is 11.4. The van der Waals surface area contributed by atoms with Gasteiger partial charge in [0.1, 0.15) is 0 Å². The lowest BCUT2D eigenvalue weighted by Gasteiger charge is -2.12. The zero-order chi connectivity index (χ0) is 14.2. The number of rotatable bonds is 7. The van der Waals surface area contributed by atoms with E-state index in [1.807, 2.05) is 30.3 Å². The molecule has 0 radical (unpaired) electrons. The van der Waals surface area contributed by atoms with Crippen LogP contribution < -0.4 is 5.32 Å². The monoisotopic (exact) mass is 307 g/mol. The number of halogens is 1. The lowest BCUT2D eigenvalue weighted by atomic mass is 10.2. The van der Waals surface area contributed by atoms with Crippen molar-refractivity contribution in [1.82, 2.24) is 5.32 Å². The van der Waals surface area contributed by atoms with E-state index in [0.717, 1.165) is 23.0 Å². The summed E-state index contributed by atoms with van der Waals surface area (Å²) in [5.74, 6) is 0. The largest absolute Gasteiger partial charge is 0.383 e. The molecule has 0 fully saturated rings. The van der Waals surface area contributed by atoms with Crippen molar-refractivity contribution in [2.75, 3.05) is 20.3 Å². The zero-order valence-corrected chi connectivity index (χ0v) is 13.0. The maximum absolute atomic E-state index is 6.35. The van der Waals surface area contributed by atoms with E-state index < -0.39 is 0 Å². The molecule has 0 heterocycles. The fourth-order valence-electron chi connectivity index (χ4n) is 1.81. The highest BCUT2D eigenvalue weighted by Gasteiger charge is 2.08. The number of methoxy groups -OCH3 is 1. The van der Waals surface area contributed by atoms with Crippen molar-refractivity contribution < 1.29 is 4.74 Å². The van der Waals surface area contributed by atoms with E-state index >= 15 is 0 Å². The molecule has 0 spiro atoms. The van der Waals surface area contributed by atoms with Gasteiger partial charge in [-0.25, -0.2) is 0 Å². The van der Waals surface area contributed by atoms with E-state index in [2.05, 4.69) is 23.5 Å². The highest BCUT2D eigenvalue weighted by molar-refractivity contribution is 7.99. The maximum Gasteiger partial charge on any atom is 0.0587 e. The molecular formula is C16H18ClNOS. The molecule has 0 unspecified atom stereocenters. The van der Waals surface area contributed by atoms with Gasteiger partial charge in [0.2, 0.25) is 0 Å². The van der Waals surface area contributed by atoms with Crippen LogP contribution in [-0.2, 0) is 11.3 Å². The van der Waals surface area contributed by atoms with E-state index in [-0.39, 0.29) is 0 Å². The lowest BCUT2D eigenvalue weighted by Crippen LogP contribution is -2.18. The molecule has 4 heteroatoms. The third-order valence-corrected chi connectivity index (χ3v) is 4.43. The van der Waals surface area contributed by atoms with Crippen molar-refractivity contribution in [2.24, 2.45) is 0 Å². The summed E-state index contributed by atoms with van der Waals surface area (Å²) in [4.78, 5) is 2.31. The molecule has 2 aromatic carbocycles. The van der Waals surface area contributed by atoms with Crippen LogP contribution in [0.1, 0.15) is 5.56 Å². The minimum Gasteiger partial charge on any atom is -0.383 e. The Balaban J connectivity index is 2.10. The Hall–Kier alpha value is -1.00. The van der Waals surface area contributed by atoms with E-state index in [1.54, 1.807) is 18.9 Å². The van der Waals surface area contributed by atoms with Gasteiger partial charge in [-0.3, -0.25) is 0 Å². The van der Waals surface area contributed by atoms with Gasteiger partial charge in [0, 0.05) is 30.0 Å². The standard InChI is InChI=1S/C16H18ClNOS/c1-19-11-10-18-12-13-6-5-9-15(17)16(13)20-14-7-3-2-4-8-14/h2-9,18H,10-12H2,1H3. The smallest absolute Gasteiger partial charge is 0.0587 e. The molecule has 0 atom stereocenters. The molecule has 20 heavy (non-hydrogen) atoms. The van der Waals surface area contributed by atoms with Crippen LogP contribution in [0.3, 0.4) is 0 Å². The molecule has 2 nitrogen and oxygen atoms in total. The summed E-state index contributed by atoms with van der Waals surface area (Å²) >= 11 is 8.05.